The van der Waals surface area contributed by atoms with Crippen LogP contribution in [0.5, 0.6) is 11.5 Å². The van der Waals surface area contributed by atoms with Gasteiger partial charge in [0.2, 0.25) is 0 Å². The Hall–Kier alpha value is -2.35. The number of nitrogens with one attached hydrogen (secondary N) is 1. The molecule has 3 aromatic rings. The first-order chi connectivity index (χ1) is 14.2. The molecule has 0 bridgehead atoms. The maximum absolute atomic E-state index is 13.4. The smallest absolute Gasteiger partial charge is 0.282 e. The van der Waals surface area contributed by atoms with Crippen molar-refractivity contribution >= 4 is 28.8 Å². The molecular weight excluding hydrogens is 410 g/mol. The van der Waals surface area contributed by atoms with Gasteiger partial charge in [-0.3, -0.25) is 4.79 Å². The number of benzene rings is 1. The number of fused-ring (bicyclic) bond motifs is 1. The zero-order valence-corrected chi connectivity index (χ0v) is 17.3. The highest BCUT2D eigenvalue weighted by Gasteiger charge is 2.27. The van der Waals surface area contributed by atoms with Crippen LogP contribution < -0.4 is 14.8 Å². The van der Waals surface area contributed by atoms with E-state index in [1.54, 1.807) is 17.4 Å². The largest absolute Gasteiger partial charge is 0.486 e. The second-order valence-electron chi connectivity index (χ2n) is 7.17. The first-order valence-corrected chi connectivity index (χ1v) is 10.9. The number of thiophene rings is 1. The molecule has 8 heteroatoms. The maximum atomic E-state index is 13.4. The van der Waals surface area contributed by atoms with Crippen molar-refractivity contribution in [3.05, 3.63) is 62.6 Å². The van der Waals surface area contributed by atoms with Crippen LogP contribution in [0, 0.1) is 0 Å². The van der Waals surface area contributed by atoms with Gasteiger partial charge in [0.05, 0.1) is 15.6 Å². The summed E-state index contributed by atoms with van der Waals surface area (Å²) in [7, 11) is 0. The van der Waals surface area contributed by atoms with Crippen LogP contribution in [-0.2, 0) is 12.8 Å². The number of para-hydroxylation sites is 1. The number of carbonyl (C=O) groups is 1. The molecule has 2 aliphatic rings. The number of hydrogen-bond donors (Lipinski definition) is 1. The third kappa shape index (κ3) is 3.66. The van der Waals surface area contributed by atoms with Gasteiger partial charge in [0.15, 0.2) is 11.5 Å². The second kappa shape index (κ2) is 7.82. The van der Waals surface area contributed by atoms with Gasteiger partial charge in [0.1, 0.15) is 13.2 Å². The molecule has 2 aromatic heterocycles. The van der Waals surface area contributed by atoms with E-state index in [4.69, 9.17) is 21.1 Å². The topological polar surface area (TPSA) is 65.4 Å². The lowest BCUT2D eigenvalue weighted by Gasteiger charge is -2.25. The normalized spacial score (nSPS) is 15.9. The summed E-state index contributed by atoms with van der Waals surface area (Å²) in [5, 5.41) is 7.95. The molecule has 0 radical (unpaired) electrons. The Kier molecular flexibility index (Phi) is 5.03. The molecule has 0 saturated carbocycles. The van der Waals surface area contributed by atoms with Gasteiger partial charge < -0.3 is 14.8 Å². The summed E-state index contributed by atoms with van der Waals surface area (Å²) < 4.78 is 13.7. The SMILES string of the molecule is O=C(c1cccc2c1OCCO2)n1nc(C2CNC2)cc1CCc1ccc(Cl)s1. The molecule has 1 fully saturated rings. The van der Waals surface area contributed by atoms with Gasteiger partial charge in [0.25, 0.3) is 5.91 Å². The lowest BCUT2D eigenvalue weighted by Crippen LogP contribution is -2.40. The second-order valence-corrected chi connectivity index (χ2v) is 8.97. The molecule has 4 heterocycles. The molecule has 6 nitrogen and oxygen atoms in total. The molecule has 2 aliphatic heterocycles. The van der Waals surface area contributed by atoms with Crippen LogP contribution in [0.15, 0.2) is 36.4 Å². The minimum Gasteiger partial charge on any atom is -0.486 e. The highest BCUT2D eigenvalue weighted by molar-refractivity contribution is 7.16. The van der Waals surface area contributed by atoms with Crippen LogP contribution in [0.3, 0.4) is 0 Å². The van der Waals surface area contributed by atoms with E-state index in [2.05, 4.69) is 16.5 Å². The molecule has 1 saturated heterocycles. The van der Waals surface area contributed by atoms with Crippen molar-refractivity contribution in [2.45, 2.75) is 18.8 Å². The summed E-state index contributed by atoms with van der Waals surface area (Å²) in [6.07, 6.45) is 1.52. The van der Waals surface area contributed by atoms with Gasteiger partial charge >= 0.3 is 0 Å². The Morgan fingerprint density at radius 3 is 2.83 bits per heavy atom. The van der Waals surface area contributed by atoms with Crippen molar-refractivity contribution < 1.29 is 14.3 Å². The van der Waals surface area contributed by atoms with E-state index in [1.165, 1.54) is 9.56 Å². The summed E-state index contributed by atoms with van der Waals surface area (Å²) in [5.74, 6) is 1.27. The highest BCUT2D eigenvalue weighted by atomic mass is 35.5. The fourth-order valence-electron chi connectivity index (χ4n) is 3.59. The van der Waals surface area contributed by atoms with Gasteiger partial charge in [-0.15, -0.1) is 11.3 Å². The van der Waals surface area contributed by atoms with Crippen LogP contribution in [0.25, 0.3) is 0 Å². The van der Waals surface area contributed by atoms with Gasteiger partial charge in [-0.05, 0) is 43.2 Å². The fourth-order valence-corrected chi connectivity index (χ4v) is 4.67. The Morgan fingerprint density at radius 1 is 1.21 bits per heavy atom. The minimum absolute atomic E-state index is 0.190. The Morgan fingerprint density at radius 2 is 2.07 bits per heavy atom. The Labute approximate surface area is 177 Å². The van der Waals surface area contributed by atoms with Crippen LogP contribution in [0.2, 0.25) is 4.34 Å². The minimum atomic E-state index is -0.190. The zero-order chi connectivity index (χ0) is 19.8. The number of ether oxygens (including phenoxy) is 2. The summed E-state index contributed by atoms with van der Waals surface area (Å²) in [5.41, 5.74) is 2.33. The average molecular weight is 430 g/mol. The number of rotatable bonds is 5. The van der Waals surface area contributed by atoms with Crippen LogP contribution in [-0.4, -0.2) is 42.0 Å². The predicted molar refractivity (Wildman–Crippen MR) is 112 cm³/mol. The summed E-state index contributed by atoms with van der Waals surface area (Å²) in [6, 6.07) is 11.4. The van der Waals surface area contributed by atoms with Crippen LogP contribution in [0.1, 0.15) is 32.5 Å². The van der Waals surface area contributed by atoms with Crippen molar-refractivity contribution in [3.8, 4) is 11.5 Å². The molecule has 1 aromatic carbocycles. The number of halogens is 1. The molecule has 0 unspecified atom stereocenters. The van der Waals surface area contributed by atoms with Gasteiger partial charge in [-0.1, -0.05) is 17.7 Å². The molecule has 1 N–H and O–H groups in total. The molecule has 0 amide bonds. The number of nitrogens with zero attached hydrogens (tertiary/aromatic N) is 2. The maximum Gasteiger partial charge on any atom is 0.282 e. The molecule has 29 heavy (non-hydrogen) atoms. The summed E-state index contributed by atoms with van der Waals surface area (Å²) >= 11 is 7.63. The van der Waals surface area contributed by atoms with Crippen LogP contribution in [0.4, 0.5) is 0 Å². The third-order valence-corrected chi connectivity index (χ3v) is 6.54. The van der Waals surface area contributed by atoms with Crippen molar-refractivity contribution in [2.75, 3.05) is 26.3 Å². The molecular formula is C21H20ClN3O3S. The molecule has 0 spiro atoms. The molecule has 150 valence electrons. The number of carbonyl (C=O) groups excluding carboxylic acids is 1. The first kappa shape index (κ1) is 18.7. The van der Waals surface area contributed by atoms with Crippen molar-refractivity contribution in [1.29, 1.82) is 0 Å². The Balaban J connectivity index is 1.47. The van der Waals surface area contributed by atoms with Crippen molar-refractivity contribution in [2.24, 2.45) is 0 Å². The quantitative estimate of drug-likeness (QED) is 0.672. The summed E-state index contributed by atoms with van der Waals surface area (Å²) in [4.78, 5) is 14.6. The van der Waals surface area contributed by atoms with E-state index >= 15 is 0 Å². The van der Waals surface area contributed by atoms with Gasteiger partial charge in [0, 0.05) is 29.6 Å². The molecule has 0 atom stereocenters. The standard InChI is InChI=1S/C21H20ClN3O3S/c22-19-7-6-15(29-19)5-4-14-10-17(13-11-23-12-13)24-25(14)21(26)16-2-1-3-18-20(16)28-9-8-27-18/h1-3,6-7,10,13,23H,4-5,8-9,11-12H2. The highest BCUT2D eigenvalue weighted by Crippen LogP contribution is 2.34. The van der Waals surface area contributed by atoms with Gasteiger partial charge in [-0.25, -0.2) is 4.68 Å². The number of aryl methyl sites for hydroxylation is 2. The monoisotopic (exact) mass is 429 g/mol. The van der Waals surface area contributed by atoms with Crippen molar-refractivity contribution in [3.63, 3.8) is 0 Å². The van der Waals surface area contributed by atoms with E-state index in [9.17, 15) is 4.79 Å². The lowest BCUT2D eigenvalue weighted by molar-refractivity contribution is 0.0929. The van der Waals surface area contributed by atoms with E-state index in [0.29, 0.717) is 42.6 Å². The average Bonchev–Trinajstić information content (AvgIpc) is 3.30. The summed E-state index contributed by atoms with van der Waals surface area (Å²) in [6.45, 7) is 2.70. The molecule has 5 rings (SSSR count). The fraction of sp³-hybridized carbons (Fsp3) is 0.333. The predicted octanol–water partition coefficient (Wildman–Crippen LogP) is 3.53. The molecule has 0 aliphatic carbocycles. The number of aromatic nitrogens is 2. The lowest BCUT2D eigenvalue weighted by atomic mass is 9.99. The van der Waals surface area contributed by atoms with E-state index in [-0.39, 0.29) is 5.91 Å². The van der Waals surface area contributed by atoms with Crippen molar-refractivity contribution in [1.82, 2.24) is 15.1 Å². The van der Waals surface area contributed by atoms with Crippen LogP contribution >= 0.6 is 22.9 Å². The third-order valence-electron chi connectivity index (χ3n) is 5.25. The zero-order valence-electron chi connectivity index (χ0n) is 15.7. The van der Waals surface area contributed by atoms with E-state index < -0.39 is 0 Å². The number of hydrogen-bond acceptors (Lipinski definition) is 6. The Bertz CT molecular complexity index is 1060. The van der Waals surface area contributed by atoms with E-state index in [0.717, 1.165) is 35.2 Å². The van der Waals surface area contributed by atoms with E-state index in [1.807, 2.05) is 24.3 Å². The van der Waals surface area contributed by atoms with Gasteiger partial charge in [-0.2, -0.15) is 5.10 Å². The first-order valence-electron chi connectivity index (χ1n) is 9.66.